The summed E-state index contributed by atoms with van der Waals surface area (Å²) in [6, 6.07) is 2.26. The second kappa shape index (κ2) is 7.24. The minimum atomic E-state index is -1.22. The quantitative estimate of drug-likeness (QED) is 0.445. The van der Waals surface area contributed by atoms with Gasteiger partial charge in [0, 0.05) is 12.7 Å². The zero-order valence-electron chi connectivity index (χ0n) is 10.6. The van der Waals surface area contributed by atoms with Gasteiger partial charge < -0.3 is 14.8 Å². The number of aliphatic carboxylic acids is 1. The minimum Gasteiger partial charge on any atom is -0.548 e. The number of carbonyl (C=O) groups is 2. The van der Waals surface area contributed by atoms with E-state index in [-0.39, 0.29) is 40.3 Å². The number of hydrogen-bond donors (Lipinski definition) is 0. The standard InChI is InChI=1S/C12H13ClN2O3.Na/c13-10-8(4-3-6-14-10)11(16)15-7-2-1-5-9(15)12(17)18;/h3-4,6,9H,1-2,5,7H2,(H,17,18);/q;+1/p-1. The zero-order valence-corrected chi connectivity index (χ0v) is 13.4. The van der Waals surface area contributed by atoms with Crippen molar-refractivity contribution in [3.63, 3.8) is 0 Å². The number of amides is 1. The maximum Gasteiger partial charge on any atom is 1.00 e. The predicted molar refractivity (Wildman–Crippen MR) is 62.9 cm³/mol. The summed E-state index contributed by atoms with van der Waals surface area (Å²) in [5, 5.41) is 11.1. The van der Waals surface area contributed by atoms with Crippen molar-refractivity contribution in [3.05, 3.63) is 29.0 Å². The fraction of sp³-hybridized carbons (Fsp3) is 0.417. The molecular weight excluding hydrogens is 279 g/mol. The van der Waals surface area contributed by atoms with Crippen molar-refractivity contribution in [3.8, 4) is 0 Å². The largest absolute Gasteiger partial charge is 1.00 e. The molecule has 0 saturated carbocycles. The molecule has 2 rings (SSSR count). The maximum atomic E-state index is 12.2. The molecule has 0 bridgehead atoms. The van der Waals surface area contributed by atoms with Crippen molar-refractivity contribution in [1.29, 1.82) is 0 Å². The summed E-state index contributed by atoms with van der Waals surface area (Å²) in [5.41, 5.74) is 0.229. The molecule has 19 heavy (non-hydrogen) atoms. The molecule has 0 N–H and O–H groups in total. The van der Waals surface area contributed by atoms with Crippen molar-refractivity contribution in [2.75, 3.05) is 6.54 Å². The van der Waals surface area contributed by atoms with Crippen LogP contribution in [0.2, 0.25) is 5.15 Å². The number of carboxylic acids is 1. The van der Waals surface area contributed by atoms with E-state index >= 15 is 0 Å². The van der Waals surface area contributed by atoms with Gasteiger partial charge in [0.1, 0.15) is 5.15 Å². The second-order valence-electron chi connectivity index (χ2n) is 4.17. The number of carbonyl (C=O) groups excluding carboxylic acids is 2. The van der Waals surface area contributed by atoms with Gasteiger partial charge in [0.2, 0.25) is 0 Å². The summed E-state index contributed by atoms with van der Waals surface area (Å²) in [5.74, 6) is -1.62. The molecule has 0 aliphatic carbocycles. The fourth-order valence-electron chi connectivity index (χ4n) is 2.12. The Kier molecular flexibility index (Phi) is 6.26. The molecule has 1 unspecified atom stereocenters. The molecule has 96 valence electrons. The van der Waals surface area contributed by atoms with Crippen LogP contribution in [0.1, 0.15) is 29.6 Å². The van der Waals surface area contributed by atoms with Crippen molar-refractivity contribution < 1.29 is 44.3 Å². The van der Waals surface area contributed by atoms with Crippen LogP contribution in [-0.2, 0) is 4.79 Å². The summed E-state index contributed by atoms with van der Waals surface area (Å²) in [4.78, 5) is 28.4. The van der Waals surface area contributed by atoms with Gasteiger partial charge in [-0.25, -0.2) is 4.98 Å². The molecule has 1 aromatic rings. The van der Waals surface area contributed by atoms with Crippen LogP contribution in [0.15, 0.2) is 18.3 Å². The minimum absolute atomic E-state index is 0. The van der Waals surface area contributed by atoms with Crippen molar-refractivity contribution in [2.24, 2.45) is 0 Å². The molecule has 1 saturated heterocycles. The van der Waals surface area contributed by atoms with Gasteiger partial charge in [-0.3, -0.25) is 4.79 Å². The Morgan fingerprint density at radius 2 is 2.16 bits per heavy atom. The summed E-state index contributed by atoms with van der Waals surface area (Å²) in [7, 11) is 0. The van der Waals surface area contributed by atoms with Crippen molar-refractivity contribution in [1.82, 2.24) is 9.88 Å². The Bertz CT molecular complexity index is 484. The Morgan fingerprint density at radius 1 is 1.42 bits per heavy atom. The van der Waals surface area contributed by atoms with Gasteiger partial charge in [-0.05, 0) is 31.4 Å². The van der Waals surface area contributed by atoms with E-state index in [0.29, 0.717) is 13.0 Å². The number of carboxylic acid groups (broad SMARTS) is 1. The first-order chi connectivity index (χ1) is 8.61. The molecule has 1 aromatic heterocycles. The van der Waals surface area contributed by atoms with E-state index in [2.05, 4.69) is 4.98 Å². The Hall–Kier alpha value is -0.620. The van der Waals surface area contributed by atoms with Gasteiger partial charge >= 0.3 is 29.6 Å². The van der Waals surface area contributed by atoms with E-state index in [1.165, 1.54) is 11.1 Å². The smallest absolute Gasteiger partial charge is 0.548 e. The monoisotopic (exact) mass is 290 g/mol. The van der Waals surface area contributed by atoms with E-state index in [0.717, 1.165) is 12.8 Å². The van der Waals surface area contributed by atoms with Gasteiger partial charge in [0.25, 0.3) is 5.91 Å². The van der Waals surface area contributed by atoms with E-state index < -0.39 is 17.9 Å². The molecule has 5 nitrogen and oxygen atoms in total. The van der Waals surface area contributed by atoms with Crippen LogP contribution in [0.4, 0.5) is 0 Å². The topological polar surface area (TPSA) is 73.3 Å². The first kappa shape index (κ1) is 16.4. The number of halogens is 1. The first-order valence-electron chi connectivity index (χ1n) is 5.73. The summed E-state index contributed by atoms with van der Waals surface area (Å²) in [6.45, 7) is 0.405. The van der Waals surface area contributed by atoms with Gasteiger partial charge in [0.15, 0.2) is 0 Å². The van der Waals surface area contributed by atoms with E-state index in [1.807, 2.05) is 0 Å². The molecule has 1 amide bonds. The average molecular weight is 291 g/mol. The van der Waals surface area contributed by atoms with E-state index in [9.17, 15) is 14.7 Å². The normalized spacial score (nSPS) is 18.6. The number of hydrogen-bond acceptors (Lipinski definition) is 4. The first-order valence-corrected chi connectivity index (χ1v) is 6.11. The van der Waals surface area contributed by atoms with Crippen LogP contribution in [0, 0.1) is 0 Å². The Morgan fingerprint density at radius 3 is 2.79 bits per heavy atom. The Labute approximate surface area is 138 Å². The van der Waals surface area contributed by atoms with Crippen molar-refractivity contribution >= 4 is 23.5 Å². The second-order valence-corrected chi connectivity index (χ2v) is 4.53. The fourth-order valence-corrected chi connectivity index (χ4v) is 2.32. The van der Waals surface area contributed by atoms with Gasteiger partial charge in [0.05, 0.1) is 17.6 Å². The Balaban J connectivity index is 0.00000180. The predicted octanol–water partition coefficient (Wildman–Crippen LogP) is -2.52. The number of rotatable bonds is 2. The molecular formula is C12H12ClN2NaO3. The number of likely N-dealkylation sites (tertiary alicyclic amines) is 1. The van der Waals surface area contributed by atoms with Crippen LogP contribution in [0.3, 0.4) is 0 Å². The number of nitrogens with zero attached hydrogens (tertiary/aromatic N) is 2. The summed E-state index contributed by atoms with van der Waals surface area (Å²) < 4.78 is 0. The number of pyridine rings is 1. The van der Waals surface area contributed by atoms with Gasteiger partial charge in [-0.2, -0.15) is 0 Å². The third-order valence-electron chi connectivity index (χ3n) is 3.03. The van der Waals surface area contributed by atoms with Crippen LogP contribution in [0.25, 0.3) is 0 Å². The third kappa shape index (κ3) is 3.69. The molecule has 1 atom stereocenters. The molecule has 0 radical (unpaired) electrons. The third-order valence-corrected chi connectivity index (χ3v) is 3.33. The average Bonchev–Trinajstić information content (AvgIpc) is 2.38. The van der Waals surface area contributed by atoms with Crippen LogP contribution < -0.4 is 34.7 Å². The molecule has 1 aliphatic heterocycles. The van der Waals surface area contributed by atoms with Crippen molar-refractivity contribution in [2.45, 2.75) is 25.3 Å². The van der Waals surface area contributed by atoms with E-state index in [4.69, 9.17) is 11.6 Å². The summed E-state index contributed by atoms with van der Waals surface area (Å²) in [6.07, 6.45) is 3.47. The SMILES string of the molecule is O=C([O-])C1CCCCN1C(=O)c1cccnc1Cl.[Na+]. The molecule has 1 aliphatic rings. The molecule has 2 heterocycles. The molecule has 0 aromatic carbocycles. The van der Waals surface area contributed by atoms with Crippen LogP contribution >= 0.6 is 11.6 Å². The van der Waals surface area contributed by atoms with Gasteiger partial charge in [-0.15, -0.1) is 0 Å². The molecule has 0 spiro atoms. The summed E-state index contributed by atoms with van der Waals surface area (Å²) >= 11 is 5.84. The number of piperidine rings is 1. The molecule has 7 heteroatoms. The molecule has 1 fully saturated rings. The van der Waals surface area contributed by atoms with Gasteiger partial charge in [-0.1, -0.05) is 11.6 Å². The maximum absolute atomic E-state index is 12.2. The van der Waals surface area contributed by atoms with Crippen LogP contribution in [-0.4, -0.2) is 34.3 Å². The van der Waals surface area contributed by atoms with Crippen LogP contribution in [0.5, 0.6) is 0 Å². The number of aromatic nitrogens is 1. The van der Waals surface area contributed by atoms with E-state index in [1.54, 1.807) is 12.1 Å². The zero-order chi connectivity index (χ0) is 13.1.